The molecule has 0 atom stereocenters. The van der Waals surface area contributed by atoms with Gasteiger partial charge in [-0.25, -0.2) is 13.4 Å². The molecular weight excluding hydrogens is 528 g/mol. The summed E-state index contributed by atoms with van der Waals surface area (Å²) in [4.78, 5) is 24.8. The van der Waals surface area contributed by atoms with Crippen LogP contribution in [0, 0.1) is 13.8 Å². The Kier molecular flexibility index (Phi) is 7.56. The van der Waals surface area contributed by atoms with Crippen LogP contribution < -0.4 is 4.90 Å². The Morgan fingerprint density at radius 1 is 0.846 bits per heavy atom. The average Bonchev–Trinajstić information content (AvgIpc) is 3.41. The molecule has 0 unspecified atom stereocenters. The first-order valence-electron chi connectivity index (χ1n) is 12.4. The Labute approximate surface area is 232 Å². The maximum atomic E-state index is 13.8. The molecule has 0 aliphatic heterocycles. The van der Waals surface area contributed by atoms with Crippen molar-refractivity contribution in [2.45, 2.75) is 31.8 Å². The highest BCUT2D eigenvalue weighted by Gasteiger charge is 2.25. The summed E-state index contributed by atoms with van der Waals surface area (Å²) in [6.45, 7) is 4.52. The van der Waals surface area contributed by atoms with E-state index in [1.807, 2.05) is 68.4 Å². The summed E-state index contributed by atoms with van der Waals surface area (Å²) in [5, 5.41) is 0.567. The van der Waals surface area contributed by atoms with Gasteiger partial charge in [-0.3, -0.25) is 14.7 Å². The highest BCUT2D eigenvalue weighted by Crippen LogP contribution is 2.34. The molecule has 0 saturated heterocycles. The summed E-state index contributed by atoms with van der Waals surface area (Å²) in [6.07, 6.45) is 1.69. The van der Waals surface area contributed by atoms with Crippen LogP contribution >= 0.6 is 11.3 Å². The van der Waals surface area contributed by atoms with E-state index in [9.17, 15) is 13.2 Å². The Morgan fingerprint density at radius 2 is 1.54 bits per heavy atom. The number of anilines is 1. The quantitative estimate of drug-likeness (QED) is 0.235. The van der Waals surface area contributed by atoms with Crippen LogP contribution in [-0.2, 0) is 23.1 Å². The van der Waals surface area contributed by atoms with Gasteiger partial charge in [0.25, 0.3) is 5.91 Å². The number of hydrogen-bond donors (Lipinski definition) is 0. The van der Waals surface area contributed by atoms with Gasteiger partial charge in [0.2, 0.25) is 10.0 Å². The van der Waals surface area contributed by atoms with Gasteiger partial charge in [-0.15, -0.1) is 0 Å². The summed E-state index contributed by atoms with van der Waals surface area (Å²) >= 11 is 1.46. The maximum Gasteiger partial charge on any atom is 0.260 e. The third-order valence-corrected chi connectivity index (χ3v) is 9.54. The number of amides is 1. The fraction of sp³-hybridized carbons (Fsp3) is 0.167. The van der Waals surface area contributed by atoms with Gasteiger partial charge in [0.05, 0.1) is 27.4 Å². The lowest BCUT2D eigenvalue weighted by Gasteiger charge is -2.20. The molecule has 0 aliphatic carbocycles. The van der Waals surface area contributed by atoms with E-state index in [0.717, 1.165) is 32.6 Å². The van der Waals surface area contributed by atoms with Gasteiger partial charge in [-0.05, 0) is 66.9 Å². The van der Waals surface area contributed by atoms with Crippen molar-refractivity contribution < 1.29 is 13.2 Å². The second-order valence-electron chi connectivity index (χ2n) is 9.36. The number of benzene rings is 3. The minimum absolute atomic E-state index is 0.125. The predicted octanol–water partition coefficient (Wildman–Crippen LogP) is 5.98. The van der Waals surface area contributed by atoms with Crippen LogP contribution in [0.3, 0.4) is 0 Å². The molecule has 0 saturated carbocycles. The van der Waals surface area contributed by atoms with Gasteiger partial charge in [0.15, 0.2) is 5.13 Å². The summed E-state index contributed by atoms with van der Waals surface area (Å²) in [5.74, 6) is -0.281. The number of sulfonamides is 1. The van der Waals surface area contributed by atoms with E-state index in [1.165, 1.54) is 27.8 Å². The van der Waals surface area contributed by atoms with E-state index >= 15 is 0 Å². The van der Waals surface area contributed by atoms with E-state index in [4.69, 9.17) is 4.98 Å². The normalized spacial score (nSPS) is 11.7. The lowest BCUT2D eigenvalue weighted by Crippen LogP contribution is -2.31. The van der Waals surface area contributed by atoms with Crippen LogP contribution in [0.25, 0.3) is 10.2 Å². The monoisotopic (exact) mass is 556 g/mol. The molecule has 7 nitrogen and oxygen atoms in total. The molecule has 198 valence electrons. The van der Waals surface area contributed by atoms with Crippen LogP contribution in [0.5, 0.6) is 0 Å². The number of rotatable bonds is 8. The van der Waals surface area contributed by atoms with E-state index in [2.05, 4.69) is 11.1 Å². The topological polar surface area (TPSA) is 83.5 Å². The first kappa shape index (κ1) is 26.7. The molecule has 9 heteroatoms. The molecule has 5 rings (SSSR count). The molecule has 2 aromatic heterocycles. The predicted molar refractivity (Wildman–Crippen MR) is 155 cm³/mol. The standard InChI is InChI=1S/C30H28N4O3S2/c1-21-12-13-22(2)28-27(21)32-30(38-28)34(20-25-11-7-8-18-31-25)29(35)24-14-16-26(17-15-24)39(36,37)33(3)19-23-9-5-4-6-10-23/h4-18H,19-20H2,1-3H3. The molecule has 0 N–H and O–H groups in total. The van der Waals surface area contributed by atoms with Crippen LogP contribution in [0.15, 0.2) is 96.0 Å². The molecule has 0 aliphatic rings. The molecule has 0 radical (unpaired) electrons. The maximum absolute atomic E-state index is 13.8. The highest BCUT2D eigenvalue weighted by molar-refractivity contribution is 7.89. The van der Waals surface area contributed by atoms with Gasteiger partial charge < -0.3 is 0 Å². The number of nitrogens with zero attached hydrogens (tertiary/aromatic N) is 4. The number of hydrogen-bond acceptors (Lipinski definition) is 6. The van der Waals surface area contributed by atoms with Crippen LogP contribution in [0.4, 0.5) is 5.13 Å². The second-order valence-corrected chi connectivity index (χ2v) is 12.4. The van der Waals surface area contributed by atoms with Crippen molar-refractivity contribution in [2.75, 3.05) is 11.9 Å². The molecule has 39 heavy (non-hydrogen) atoms. The number of carbonyl (C=O) groups is 1. The molecule has 5 aromatic rings. The summed E-state index contributed by atoms with van der Waals surface area (Å²) in [5.41, 5.74) is 4.98. The van der Waals surface area contributed by atoms with Gasteiger partial charge in [0.1, 0.15) is 0 Å². The Morgan fingerprint density at radius 3 is 2.21 bits per heavy atom. The number of pyridine rings is 1. The molecule has 3 aromatic carbocycles. The molecule has 0 fully saturated rings. The minimum Gasteiger partial charge on any atom is -0.278 e. The fourth-order valence-electron chi connectivity index (χ4n) is 4.27. The minimum atomic E-state index is -3.74. The van der Waals surface area contributed by atoms with Gasteiger partial charge >= 0.3 is 0 Å². The summed E-state index contributed by atoms with van der Waals surface area (Å²) < 4.78 is 28.7. The molecule has 1 amide bonds. The number of aryl methyl sites for hydroxylation is 2. The Balaban J connectivity index is 1.45. The lowest BCUT2D eigenvalue weighted by atomic mass is 10.1. The van der Waals surface area contributed by atoms with Crippen LogP contribution in [0.1, 0.15) is 32.7 Å². The van der Waals surface area contributed by atoms with Crippen molar-refractivity contribution in [2.24, 2.45) is 0 Å². The summed E-state index contributed by atoms with van der Waals surface area (Å²) in [6, 6.07) is 25.1. The van der Waals surface area contributed by atoms with E-state index in [0.29, 0.717) is 10.7 Å². The average molecular weight is 557 g/mol. The Bertz CT molecular complexity index is 1680. The smallest absolute Gasteiger partial charge is 0.260 e. The van der Waals surface area contributed by atoms with Gasteiger partial charge in [-0.2, -0.15) is 4.31 Å². The van der Waals surface area contributed by atoms with Gasteiger partial charge in [-0.1, -0.05) is 59.9 Å². The first-order chi connectivity index (χ1) is 18.7. The Hall–Kier alpha value is -3.92. The van der Waals surface area contributed by atoms with Crippen LogP contribution in [-0.4, -0.2) is 35.6 Å². The zero-order valence-electron chi connectivity index (χ0n) is 21.9. The zero-order valence-corrected chi connectivity index (χ0v) is 23.5. The number of thiazole rings is 1. The zero-order chi connectivity index (χ0) is 27.6. The van der Waals surface area contributed by atoms with Crippen molar-refractivity contribution in [3.63, 3.8) is 0 Å². The first-order valence-corrected chi connectivity index (χ1v) is 14.7. The third-order valence-electron chi connectivity index (χ3n) is 6.51. The largest absolute Gasteiger partial charge is 0.278 e. The highest BCUT2D eigenvalue weighted by atomic mass is 32.2. The second kappa shape index (κ2) is 11.1. The third kappa shape index (κ3) is 5.61. The van der Waals surface area contributed by atoms with Crippen molar-refractivity contribution in [1.29, 1.82) is 0 Å². The van der Waals surface area contributed by atoms with Crippen molar-refractivity contribution in [3.8, 4) is 0 Å². The summed E-state index contributed by atoms with van der Waals surface area (Å²) in [7, 11) is -2.19. The van der Waals surface area contributed by atoms with Crippen LogP contribution in [0.2, 0.25) is 0 Å². The van der Waals surface area contributed by atoms with Gasteiger partial charge in [0, 0.05) is 25.4 Å². The molecule has 0 bridgehead atoms. The SMILES string of the molecule is Cc1ccc(C)c2sc(N(Cc3ccccn3)C(=O)c3ccc(S(=O)(=O)N(C)Cc4ccccc4)cc3)nc12. The fourth-order valence-corrected chi connectivity index (χ4v) is 6.54. The molecule has 2 heterocycles. The molecular formula is C30H28N4O3S2. The number of carbonyl (C=O) groups excluding carboxylic acids is 1. The van der Waals surface area contributed by atoms with Crippen molar-refractivity contribution in [3.05, 3.63) is 119 Å². The van der Waals surface area contributed by atoms with Crippen molar-refractivity contribution in [1.82, 2.24) is 14.3 Å². The van der Waals surface area contributed by atoms with Crippen molar-refractivity contribution >= 4 is 42.6 Å². The lowest BCUT2D eigenvalue weighted by molar-refractivity contribution is 0.0984. The molecule has 0 spiro atoms. The van der Waals surface area contributed by atoms with E-state index < -0.39 is 10.0 Å². The van der Waals surface area contributed by atoms with E-state index in [-0.39, 0.29) is 23.9 Å². The number of aromatic nitrogens is 2. The van der Waals surface area contributed by atoms with E-state index in [1.54, 1.807) is 30.3 Å². The number of fused-ring (bicyclic) bond motifs is 1.